The third kappa shape index (κ3) is 2.75. The van der Waals surface area contributed by atoms with Gasteiger partial charge in [-0.2, -0.15) is 0 Å². The lowest BCUT2D eigenvalue weighted by atomic mass is 10.2. The third-order valence-electron chi connectivity index (χ3n) is 2.39. The number of hydrogen-bond donors (Lipinski definition) is 1. The number of nitrogens with two attached hydrogens (primary N) is 1. The molecule has 2 rings (SSSR count). The van der Waals surface area contributed by atoms with Crippen molar-refractivity contribution in [2.45, 2.75) is 0 Å². The minimum atomic E-state index is -0.570. The number of rotatable bonds is 2. The summed E-state index contributed by atoms with van der Waals surface area (Å²) in [5, 5.41) is 1.19. The molecule has 0 saturated heterocycles. The van der Waals surface area contributed by atoms with Crippen molar-refractivity contribution in [1.82, 2.24) is 0 Å². The molecule has 2 aromatic carbocycles. The minimum absolute atomic E-state index is 0.570. The van der Waals surface area contributed by atoms with Crippen LogP contribution in [-0.4, -0.2) is 6.03 Å². The number of carbonyl (C=O) groups is 1. The summed E-state index contributed by atoms with van der Waals surface area (Å²) < 4.78 is 0. The number of benzene rings is 2. The van der Waals surface area contributed by atoms with Crippen LogP contribution in [0.25, 0.3) is 0 Å². The Kier molecular flexibility index (Phi) is 3.75. The fourth-order valence-electron chi connectivity index (χ4n) is 1.58. The summed E-state index contributed by atoms with van der Waals surface area (Å²) in [4.78, 5) is 12.9. The van der Waals surface area contributed by atoms with E-state index in [1.807, 2.05) is 0 Å². The molecule has 18 heavy (non-hydrogen) atoms. The molecule has 0 heterocycles. The normalized spacial score (nSPS) is 10.1. The van der Waals surface area contributed by atoms with Crippen molar-refractivity contribution < 1.29 is 4.79 Å². The lowest BCUT2D eigenvalue weighted by Crippen LogP contribution is -2.31. The van der Waals surface area contributed by atoms with Crippen molar-refractivity contribution >= 4 is 40.6 Å². The maximum Gasteiger partial charge on any atom is 0.323 e. The molecule has 0 aliphatic carbocycles. The zero-order valence-corrected chi connectivity index (χ0v) is 10.8. The van der Waals surface area contributed by atoms with Gasteiger partial charge in [-0.3, -0.25) is 4.90 Å². The molecule has 0 unspecified atom stereocenters. The van der Waals surface area contributed by atoms with Gasteiger partial charge in [0.1, 0.15) is 0 Å². The van der Waals surface area contributed by atoms with E-state index in [0.29, 0.717) is 21.4 Å². The Morgan fingerprint density at radius 2 is 1.17 bits per heavy atom. The molecule has 0 aromatic heterocycles. The molecular formula is C13H10Cl2N2O. The second-order valence-corrected chi connectivity index (χ2v) is 4.50. The van der Waals surface area contributed by atoms with Crippen molar-refractivity contribution in [3.63, 3.8) is 0 Å². The highest BCUT2D eigenvalue weighted by atomic mass is 35.5. The largest absolute Gasteiger partial charge is 0.351 e. The monoisotopic (exact) mass is 280 g/mol. The number of carbonyl (C=O) groups excluding carboxylic acids is 1. The molecule has 0 atom stereocenters. The SMILES string of the molecule is NC(=O)N(c1ccc(Cl)cc1)c1ccc(Cl)cc1. The Balaban J connectivity index is 2.43. The van der Waals surface area contributed by atoms with Gasteiger partial charge >= 0.3 is 6.03 Å². The summed E-state index contributed by atoms with van der Waals surface area (Å²) >= 11 is 11.6. The molecule has 0 fully saturated rings. The Morgan fingerprint density at radius 1 is 0.833 bits per heavy atom. The van der Waals surface area contributed by atoms with Gasteiger partial charge in [-0.1, -0.05) is 23.2 Å². The van der Waals surface area contributed by atoms with E-state index in [1.165, 1.54) is 4.90 Å². The van der Waals surface area contributed by atoms with Crippen LogP contribution < -0.4 is 10.6 Å². The van der Waals surface area contributed by atoms with Crippen molar-refractivity contribution in [1.29, 1.82) is 0 Å². The van der Waals surface area contributed by atoms with Crippen LogP contribution in [0.15, 0.2) is 48.5 Å². The molecular weight excluding hydrogens is 271 g/mol. The Bertz CT molecular complexity index is 507. The van der Waals surface area contributed by atoms with Crippen molar-refractivity contribution in [2.75, 3.05) is 4.90 Å². The van der Waals surface area contributed by atoms with E-state index in [-0.39, 0.29) is 0 Å². The summed E-state index contributed by atoms with van der Waals surface area (Å²) in [7, 11) is 0. The molecule has 2 amide bonds. The number of primary amides is 1. The van der Waals surface area contributed by atoms with Crippen LogP contribution in [0.4, 0.5) is 16.2 Å². The maximum absolute atomic E-state index is 11.6. The van der Waals surface area contributed by atoms with Gasteiger partial charge in [0, 0.05) is 10.0 Å². The molecule has 0 aliphatic heterocycles. The number of nitrogens with zero attached hydrogens (tertiary/aromatic N) is 1. The molecule has 0 aliphatic rings. The summed E-state index contributed by atoms with van der Waals surface area (Å²) in [6, 6.07) is 13.1. The van der Waals surface area contributed by atoms with E-state index in [9.17, 15) is 4.79 Å². The first-order chi connectivity index (χ1) is 8.58. The van der Waals surface area contributed by atoms with E-state index >= 15 is 0 Å². The van der Waals surface area contributed by atoms with Crippen LogP contribution in [0.2, 0.25) is 10.0 Å². The fourth-order valence-corrected chi connectivity index (χ4v) is 1.84. The Hall–Kier alpha value is -1.71. The van der Waals surface area contributed by atoms with Gasteiger partial charge in [-0.05, 0) is 48.5 Å². The zero-order chi connectivity index (χ0) is 13.1. The third-order valence-corrected chi connectivity index (χ3v) is 2.89. The van der Waals surface area contributed by atoms with Gasteiger partial charge in [0.15, 0.2) is 0 Å². The molecule has 3 nitrogen and oxygen atoms in total. The smallest absolute Gasteiger partial charge is 0.323 e. The average molecular weight is 281 g/mol. The van der Waals surface area contributed by atoms with Gasteiger partial charge in [0.05, 0.1) is 11.4 Å². The first kappa shape index (κ1) is 12.7. The summed E-state index contributed by atoms with van der Waals surface area (Å²) in [6.45, 7) is 0. The van der Waals surface area contributed by atoms with Crippen LogP contribution in [0.1, 0.15) is 0 Å². The van der Waals surface area contributed by atoms with Crippen LogP contribution >= 0.6 is 23.2 Å². The quantitative estimate of drug-likeness (QED) is 0.880. The van der Waals surface area contributed by atoms with Gasteiger partial charge < -0.3 is 5.73 Å². The zero-order valence-electron chi connectivity index (χ0n) is 9.31. The van der Waals surface area contributed by atoms with Crippen molar-refractivity contribution in [3.8, 4) is 0 Å². The first-order valence-electron chi connectivity index (χ1n) is 5.18. The average Bonchev–Trinajstić information content (AvgIpc) is 2.34. The second kappa shape index (κ2) is 5.29. The summed E-state index contributed by atoms with van der Waals surface area (Å²) in [5.74, 6) is 0. The highest BCUT2D eigenvalue weighted by Crippen LogP contribution is 2.27. The molecule has 0 saturated carbocycles. The van der Waals surface area contributed by atoms with E-state index < -0.39 is 6.03 Å². The lowest BCUT2D eigenvalue weighted by molar-refractivity contribution is 0.256. The van der Waals surface area contributed by atoms with Crippen LogP contribution in [0.3, 0.4) is 0 Å². The van der Waals surface area contributed by atoms with Crippen LogP contribution in [0, 0.1) is 0 Å². The highest BCUT2D eigenvalue weighted by molar-refractivity contribution is 6.31. The number of hydrogen-bond acceptors (Lipinski definition) is 1. The number of anilines is 2. The standard InChI is InChI=1S/C13H10Cl2N2O/c14-9-1-5-11(6-2-9)17(13(16)18)12-7-3-10(15)4-8-12/h1-8H,(H2,16,18). The summed E-state index contributed by atoms with van der Waals surface area (Å²) in [5.41, 5.74) is 6.69. The molecule has 0 bridgehead atoms. The van der Waals surface area contributed by atoms with Gasteiger partial charge in [0.25, 0.3) is 0 Å². The van der Waals surface area contributed by atoms with Gasteiger partial charge in [-0.15, -0.1) is 0 Å². The van der Waals surface area contributed by atoms with Crippen molar-refractivity contribution in [3.05, 3.63) is 58.6 Å². The van der Waals surface area contributed by atoms with E-state index in [2.05, 4.69) is 0 Å². The van der Waals surface area contributed by atoms with E-state index in [1.54, 1.807) is 48.5 Å². The molecule has 0 spiro atoms. The Labute approximate surface area is 115 Å². The molecule has 5 heteroatoms. The minimum Gasteiger partial charge on any atom is -0.351 e. The van der Waals surface area contributed by atoms with E-state index in [4.69, 9.17) is 28.9 Å². The van der Waals surface area contributed by atoms with E-state index in [0.717, 1.165) is 0 Å². The number of amides is 2. The molecule has 2 aromatic rings. The number of urea groups is 1. The topological polar surface area (TPSA) is 46.3 Å². The highest BCUT2D eigenvalue weighted by Gasteiger charge is 2.14. The molecule has 0 radical (unpaired) electrons. The Morgan fingerprint density at radius 3 is 1.44 bits per heavy atom. The summed E-state index contributed by atoms with van der Waals surface area (Å²) in [6.07, 6.45) is 0. The predicted molar refractivity (Wildman–Crippen MR) is 74.6 cm³/mol. The first-order valence-corrected chi connectivity index (χ1v) is 5.94. The maximum atomic E-state index is 11.6. The molecule has 2 N–H and O–H groups in total. The lowest BCUT2D eigenvalue weighted by Gasteiger charge is -2.20. The second-order valence-electron chi connectivity index (χ2n) is 3.63. The predicted octanol–water partition coefficient (Wildman–Crippen LogP) is 4.21. The van der Waals surface area contributed by atoms with Gasteiger partial charge in [0.2, 0.25) is 0 Å². The van der Waals surface area contributed by atoms with Crippen molar-refractivity contribution in [2.24, 2.45) is 5.73 Å². The van der Waals surface area contributed by atoms with Crippen LogP contribution in [-0.2, 0) is 0 Å². The molecule has 92 valence electrons. The number of halogens is 2. The van der Waals surface area contributed by atoms with Crippen LogP contribution in [0.5, 0.6) is 0 Å². The fraction of sp³-hybridized carbons (Fsp3) is 0. The van der Waals surface area contributed by atoms with Gasteiger partial charge in [-0.25, -0.2) is 4.79 Å².